The van der Waals surface area contributed by atoms with Gasteiger partial charge in [0.15, 0.2) is 0 Å². The molecule has 0 aliphatic heterocycles. The van der Waals surface area contributed by atoms with Crippen molar-refractivity contribution in [2.45, 2.75) is 51.4 Å². The first-order valence-corrected chi connectivity index (χ1v) is 8.10. The first-order chi connectivity index (χ1) is 9.36. The summed E-state index contributed by atoms with van der Waals surface area (Å²) in [7, 11) is 0. The lowest BCUT2D eigenvalue weighted by Gasteiger charge is -2.22. The standard InChI is InChI=1S/C15H25NO3S/c1-5-6-9-20-12(3)14(17)16-10-15(4,18)13-8-7-11(2)19-13/h7-8,12,18H,5-6,9-10H2,1-4H3,(H,16,17). The van der Waals surface area contributed by atoms with Gasteiger partial charge in [0.05, 0.1) is 11.8 Å². The van der Waals surface area contributed by atoms with Gasteiger partial charge >= 0.3 is 0 Å². The molecule has 20 heavy (non-hydrogen) atoms. The molecule has 0 fully saturated rings. The Morgan fingerprint density at radius 3 is 2.80 bits per heavy atom. The molecule has 1 rings (SSSR count). The molecule has 0 saturated carbocycles. The second kappa shape index (κ2) is 7.74. The smallest absolute Gasteiger partial charge is 0.232 e. The van der Waals surface area contributed by atoms with Crippen molar-refractivity contribution in [3.05, 3.63) is 23.7 Å². The molecule has 0 saturated heterocycles. The van der Waals surface area contributed by atoms with Crippen LogP contribution in [0.2, 0.25) is 0 Å². The first-order valence-electron chi connectivity index (χ1n) is 7.05. The third-order valence-corrected chi connectivity index (χ3v) is 4.35. The average Bonchev–Trinajstić information content (AvgIpc) is 2.83. The molecule has 0 bridgehead atoms. The fraction of sp³-hybridized carbons (Fsp3) is 0.667. The number of unbranched alkanes of at least 4 members (excludes halogenated alkanes) is 1. The van der Waals surface area contributed by atoms with Crippen molar-refractivity contribution >= 4 is 17.7 Å². The van der Waals surface area contributed by atoms with Crippen molar-refractivity contribution < 1.29 is 14.3 Å². The highest BCUT2D eigenvalue weighted by molar-refractivity contribution is 8.00. The van der Waals surface area contributed by atoms with Gasteiger partial charge in [-0.05, 0) is 45.1 Å². The maximum absolute atomic E-state index is 11.9. The van der Waals surface area contributed by atoms with E-state index in [2.05, 4.69) is 12.2 Å². The number of carbonyl (C=O) groups excluding carboxylic acids is 1. The Kier molecular flexibility index (Phi) is 6.62. The summed E-state index contributed by atoms with van der Waals surface area (Å²) in [5.74, 6) is 2.16. The average molecular weight is 299 g/mol. The molecule has 2 atom stereocenters. The minimum atomic E-state index is -1.18. The van der Waals surface area contributed by atoms with Crippen molar-refractivity contribution in [3.63, 3.8) is 0 Å². The third kappa shape index (κ3) is 5.21. The van der Waals surface area contributed by atoms with E-state index >= 15 is 0 Å². The number of aryl methyl sites for hydroxylation is 1. The summed E-state index contributed by atoms with van der Waals surface area (Å²) in [6, 6.07) is 3.54. The Morgan fingerprint density at radius 1 is 1.55 bits per heavy atom. The second-order valence-electron chi connectivity index (χ2n) is 5.27. The van der Waals surface area contributed by atoms with E-state index in [1.165, 1.54) is 0 Å². The maximum atomic E-state index is 11.9. The van der Waals surface area contributed by atoms with E-state index in [4.69, 9.17) is 4.42 Å². The summed E-state index contributed by atoms with van der Waals surface area (Å²) in [4.78, 5) is 11.9. The van der Waals surface area contributed by atoms with Crippen molar-refractivity contribution in [3.8, 4) is 0 Å². The summed E-state index contributed by atoms with van der Waals surface area (Å²) in [6.07, 6.45) is 2.25. The van der Waals surface area contributed by atoms with E-state index in [1.54, 1.807) is 30.8 Å². The Morgan fingerprint density at radius 2 is 2.25 bits per heavy atom. The summed E-state index contributed by atoms with van der Waals surface area (Å²) in [6.45, 7) is 7.64. The zero-order chi connectivity index (χ0) is 15.2. The van der Waals surface area contributed by atoms with Gasteiger partial charge in [-0.25, -0.2) is 0 Å². The molecule has 2 N–H and O–H groups in total. The molecular formula is C15H25NO3S. The second-order valence-corrected chi connectivity index (χ2v) is 6.72. The molecule has 1 amide bonds. The van der Waals surface area contributed by atoms with Gasteiger partial charge in [-0.15, -0.1) is 11.8 Å². The number of hydrogen-bond donors (Lipinski definition) is 2. The number of nitrogens with one attached hydrogen (secondary N) is 1. The van der Waals surface area contributed by atoms with Crippen LogP contribution in [0, 0.1) is 6.92 Å². The number of hydrogen-bond acceptors (Lipinski definition) is 4. The number of amides is 1. The van der Waals surface area contributed by atoms with Crippen LogP contribution in [0.5, 0.6) is 0 Å². The zero-order valence-electron chi connectivity index (χ0n) is 12.7. The lowest BCUT2D eigenvalue weighted by Crippen LogP contribution is -2.41. The normalized spacial score (nSPS) is 15.7. The van der Waals surface area contributed by atoms with Gasteiger partial charge in [-0.3, -0.25) is 4.79 Å². The van der Waals surface area contributed by atoms with Gasteiger partial charge in [-0.1, -0.05) is 13.3 Å². The number of rotatable bonds is 8. The molecule has 1 heterocycles. The van der Waals surface area contributed by atoms with E-state index in [9.17, 15) is 9.90 Å². The Balaban J connectivity index is 2.43. The molecule has 2 unspecified atom stereocenters. The fourth-order valence-electron chi connectivity index (χ4n) is 1.69. The zero-order valence-corrected chi connectivity index (χ0v) is 13.5. The van der Waals surface area contributed by atoms with Gasteiger partial charge in [0, 0.05) is 0 Å². The lowest BCUT2D eigenvalue weighted by molar-refractivity contribution is -0.121. The highest BCUT2D eigenvalue weighted by atomic mass is 32.2. The summed E-state index contributed by atoms with van der Waals surface area (Å²) >= 11 is 1.64. The Labute approximate surface area is 125 Å². The fourth-order valence-corrected chi connectivity index (χ4v) is 2.74. The van der Waals surface area contributed by atoms with Crippen molar-refractivity contribution in [2.24, 2.45) is 0 Å². The van der Waals surface area contributed by atoms with E-state index in [0.717, 1.165) is 24.4 Å². The number of furan rings is 1. The molecule has 1 aromatic heterocycles. The van der Waals surface area contributed by atoms with Gasteiger partial charge in [0.1, 0.15) is 17.1 Å². The quantitative estimate of drug-likeness (QED) is 0.725. The Bertz CT molecular complexity index is 429. The monoisotopic (exact) mass is 299 g/mol. The predicted molar refractivity (Wildman–Crippen MR) is 82.9 cm³/mol. The van der Waals surface area contributed by atoms with Gasteiger partial charge in [0.2, 0.25) is 5.91 Å². The number of aliphatic hydroxyl groups is 1. The topological polar surface area (TPSA) is 62.5 Å². The van der Waals surface area contributed by atoms with Gasteiger partial charge in [0.25, 0.3) is 0 Å². The van der Waals surface area contributed by atoms with E-state index in [1.807, 2.05) is 13.8 Å². The first kappa shape index (κ1) is 17.1. The molecule has 1 aromatic rings. The molecular weight excluding hydrogens is 274 g/mol. The van der Waals surface area contributed by atoms with Crippen LogP contribution in [0.3, 0.4) is 0 Å². The molecule has 114 valence electrons. The van der Waals surface area contributed by atoms with Crippen LogP contribution in [0.25, 0.3) is 0 Å². The highest BCUT2D eigenvalue weighted by Gasteiger charge is 2.28. The molecule has 4 nitrogen and oxygen atoms in total. The largest absolute Gasteiger partial charge is 0.463 e. The van der Waals surface area contributed by atoms with Gasteiger partial charge in [-0.2, -0.15) is 0 Å². The molecule has 0 aromatic carbocycles. The molecule has 5 heteroatoms. The van der Waals surface area contributed by atoms with Crippen molar-refractivity contribution in [1.82, 2.24) is 5.32 Å². The van der Waals surface area contributed by atoms with Gasteiger partial charge < -0.3 is 14.8 Å². The minimum absolute atomic E-state index is 0.0466. The molecule has 0 aliphatic rings. The molecule has 0 aliphatic carbocycles. The summed E-state index contributed by atoms with van der Waals surface area (Å²) in [5.41, 5.74) is -1.18. The van der Waals surface area contributed by atoms with E-state index < -0.39 is 5.60 Å². The SMILES string of the molecule is CCCCSC(C)C(=O)NCC(C)(O)c1ccc(C)o1. The number of carbonyl (C=O) groups is 1. The number of thioether (sulfide) groups is 1. The van der Waals surface area contributed by atoms with Crippen LogP contribution in [0.1, 0.15) is 45.1 Å². The highest BCUT2D eigenvalue weighted by Crippen LogP contribution is 2.22. The van der Waals surface area contributed by atoms with Crippen molar-refractivity contribution in [2.75, 3.05) is 12.3 Å². The van der Waals surface area contributed by atoms with Crippen LogP contribution in [0.15, 0.2) is 16.5 Å². The van der Waals surface area contributed by atoms with E-state index in [-0.39, 0.29) is 17.7 Å². The summed E-state index contributed by atoms with van der Waals surface area (Å²) in [5, 5.41) is 13.0. The van der Waals surface area contributed by atoms with Crippen molar-refractivity contribution in [1.29, 1.82) is 0 Å². The van der Waals surface area contributed by atoms with Crippen LogP contribution >= 0.6 is 11.8 Å². The maximum Gasteiger partial charge on any atom is 0.232 e. The molecule has 0 spiro atoms. The van der Waals surface area contributed by atoms with Crippen LogP contribution in [-0.4, -0.2) is 28.6 Å². The van der Waals surface area contributed by atoms with E-state index in [0.29, 0.717) is 5.76 Å². The lowest BCUT2D eigenvalue weighted by atomic mass is 10.0. The van der Waals surface area contributed by atoms with Crippen LogP contribution in [-0.2, 0) is 10.4 Å². The third-order valence-electron chi connectivity index (χ3n) is 3.11. The summed E-state index contributed by atoms with van der Waals surface area (Å²) < 4.78 is 5.41. The van der Waals surface area contributed by atoms with Crippen LogP contribution in [0.4, 0.5) is 0 Å². The predicted octanol–water partition coefficient (Wildman–Crippen LogP) is 2.83. The van der Waals surface area contributed by atoms with Crippen LogP contribution < -0.4 is 5.32 Å². The molecule has 0 radical (unpaired) electrons. The minimum Gasteiger partial charge on any atom is -0.463 e. The Hall–Kier alpha value is -0.940.